The highest BCUT2D eigenvalue weighted by Crippen LogP contribution is 2.33. The summed E-state index contributed by atoms with van der Waals surface area (Å²) < 4.78 is 1.93. The van der Waals surface area contributed by atoms with Gasteiger partial charge in [-0.15, -0.1) is 0 Å². The van der Waals surface area contributed by atoms with Crippen molar-refractivity contribution in [3.8, 4) is 6.07 Å². The van der Waals surface area contributed by atoms with E-state index in [1.807, 2.05) is 23.0 Å². The van der Waals surface area contributed by atoms with Crippen molar-refractivity contribution in [1.29, 1.82) is 5.26 Å². The van der Waals surface area contributed by atoms with Crippen LogP contribution < -0.4 is 10.5 Å². The topological polar surface area (TPSA) is 90.6 Å². The Morgan fingerprint density at radius 2 is 2.36 bits per heavy atom. The standard InChI is InChI=1S/C18H16N6O/c1-2-12-8-14-16(10-20-12)22-18(25)15(9-19)17(14)23-7-4-13(11-23)24-6-3-5-21-24/h2-3,5-6,8,10,13H,1,4,7,11H2,(H,22,25). The van der Waals surface area contributed by atoms with Gasteiger partial charge in [-0.3, -0.25) is 14.5 Å². The van der Waals surface area contributed by atoms with Gasteiger partial charge < -0.3 is 9.88 Å². The smallest absolute Gasteiger partial charge is 0.268 e. The quantitative estimate of drug-likeness (QED) is 0.793. The van der Waals surface area contributed by atoms with E-state index in [1.54, 1.807) is 18.5 Å². The monoisotopic (exact) mass is 332 g/mol. The van der Waals surface area contributed by atoms with E-state index in [-0.39, 0.29) is 17.2 Å². The molecule has 4 heterocycles. The van der Waals surface area contributed by atoms with Crippen LogP contribution in [0.3, 0.4) is 0 Å². The molecule has 7 heteroatoms. The van der Waals surface area contributed by atoms with Gasteiger partial charge in [-0.05, 0) is 24.6 Å². The number of fused-ring (bicyclic) bond motifs is 1. The van der Waals surface area contributed by atoms with Crippen LogP contribution in [0.25, 0.3) is 17.0 Å². The molecule has 0 amide bonds. The fourth-order valence-corrected chi connectivity index (χ4v) is 3.40. The second kappa shape index (κ2) is 5.91. The molecule has 0 radical (unpaired) electrons. The zero-order valence-corrected chi connectivity index (χ0v) is 13.5. The predicted octanol–water partition coefficient (Wildman–Crippen LogP) is 2.09. The molecular formula is C18H16N6O. The molecule has 1 saturated heterocycles. The maximum absolute atomic E-state index is 12.3. The number of aromatic amines is 1. The minimum atomic E-state index is -0.388. The lowest BCUT2D eigenvalue weighted by molar-refractivity contribution is 0.495. The highest BCUT2D eigenvalue weighted by molar-refractivity contribution is 5.95. The second-order valence-electron chi connectivity index (χ2n) is 6.02. The molecule has 1 aliphatic rings. The van der Waals surface area contributed by atoms with Crippen LogP contribution in [-0.2, 0) is 0 Å². The first-order valence-electron chi connectivity index (χ1n) is 8.04. The number of hydrogen-bond donors (Lipinski definition) is 1. The average Bonchev–Trinajstić information content (AvgIpc) is 3.31. The molecule has 1 aliphatic heterocycles. The summed E-state index contributed by atoms with van der Waals surface area (Å²) in [5.74, 6) is 0. The highest BCUT2D eigenvalue weighted by atomic mass is 16.1. The Balaban J connectivity index is 1.86. The summed E-state index contributed by atoms with van der Waals surface area (Å²) in [5, 5.41) is 14.7. The minimum Gasteiger partial charge on any atom is -0.368 e. The number of H-pyrrole nitrogens is 1. The van der Waals surface area contributed by atoms with E-state index in [9.17, 15) is 10.1 Å². The molecule has 3 aromatic heterocycles. The molecule has 0 saturated carbocycles. The number of anilines is 1. The number of nitrogens with zero attached hydrogens (tertiary/aromatic N) is 5. The lowest BCUT2D eigenvalue weighted by Gasteiger charge is -2.21. The lowest BCUT2D eigenvalue weighted by atomic mass is 10.1. The van der Waals surface area contributed by atoms with Crippen molar-refractivity contribution < 1.29 is 0 Å². The lowest BCUT2D eigenvalue weighted by Crippen LogP contribution is -2.25. The number of rotatable bonds is 3. The largest absolute Gasteiger partial charge is 0.368 e. The molecule has 124 valence electrons. The molecule has 4 rings (SSSR count). The van der Waals surface area contributed by atoms with Crippen LogP contribution in [0.4, 0.5) is 5.69 Å². The van der Waals surface area contributed by atoms with E-state index >= 15 is 0 Å². The SMILES string of the molecule is C=Cc1cc2c(N3CCC(n4cccn4)C3)c(C#N)c(=O)[nH]c2cn1. The average molecular weight is 332 g/mol. The van der Waals surface area contributed by atoms with Gasteiger partial charge in [0, 0.05) is 30.9 Å². The van der Waals surface area contributed by atoms with E-state index < -0.39 is 0 Å². The van der Waals surface area contributed by atoms with E-state index in [1.165, 1.54) is 0 Å². The van der Waals surface area contributed by atoms with E-state index in [2.05, 4.69) is 32.6 Å². The predicted molar refractivity (Wildman–Crippen MR) is 95.3 cm³/mol. The van der Waals surface area contributed by atoms with Gasteiger partial charge in [0.05, 0.1) is 29.1 Å². The van der Waals surface area contributed by atoms with Crippen molar-refractivity contribution in [1.82, 2.24) is 19.7 Å². The minimum absolute atomic E-state index is 0.134. The molecule has 0 spiro atoms. The zero-order valence-electron chi connectivity index (χ0n) is 13.5. The van der Waals surface area contributed by atoms with E-state index in [4.69, 9.17) is 0 Å². The maximum Gasteiger partial charge on any atom is 0.268 e. The molecule has 25 heavy (non-hydrogen) atoms. The number of hydrogen-bond acceptors (Lipinski definition) is 5. The Kier molecular flexibility index (Phi) is 3.58. The molecule has 0 aromatic carbocycles. The van der Waals surface area contributed by atoms with Gasteiger partial charge in [0.15, 0.2) is 0 Å². The molecule has 3 aromatic rings. The van der Waals surface area contributed by atoms with Gasteiger partial charge in [0.1, 0.15) is 11.6 Å². The fraction of sp³-hybridized carbons (Fsp3) is 0.222. The Labute approximate surface area is 143 Å². The summed E-state index contributed by atoms with van der Waals surface area (Å²) in [5.41, 5.74) is 1.73. The van der Waals surface area contributed by atoms with Gasteiger partial charge in [-0.2, -0.15) is 10.4 Å². The van der Waals surface area contributed by atoms with Crippen molar-refractivity contribution >= 4 is 22.7 Å². The van der Waals surface area contributed by atoms with Crippen LogP contribution in [0, 0.1) is 11.3 Å². The van der Waals surface area contributed by atoms with Crippen LogP contribution in [0.1, 0.15) is 23.7 Å². The first kappa shape index (κ1) is 15.1. The summed E-state index contributed by atoms with van der Waals surface area (Å²) in [6, 6.07) is 6.04. The van der Waals surface area contributed by atoms with Crippen LogP contribution in [-0.4, -0.2) is 32.8 Å². The van der Waals surface area contributed by atoms with Gasteiger partial charge in [0.25, 0.3) is 5.56 Å². The third-order valence-electron chi connectivity index (χ3n) is 4.59. The zero-order chi connectivity index (χ0) is 17.4. The fourth-order valence-electron chi connectivity index (χ4n) is 3.40. The van der Waals surface area contributed by atoms with Crippen molar-refractivity contribution in [2.24, 2.45) is 0 Å². The van der Waals surface area contributed by atoms with Gasteiger partial charge in [-0.25, -0.2) is 0 Å². The number of aromatic nitrogens is 4. The van der Waals surface area contributed by atoms with E-state index in [0.717, 1.165) is 18.4 Å². The molecule has 1 unspecified atom stereocenters. The first-order chi connectivity index (χ1) is 12.2. The molecule has 0 aliphatic carbocycles. The van der Waals surface area contributed by atoms with Crippen LogP contribution in [0.2, 0.25) is 0 Å². The first-order valence-corrected chi connectivity index (χ1v) is 8.04. The van der Waals surface area contributed by atoms with Gasteiger partial charge in [0.2, 0.25) is 0 Å². The van der Waals surface area contributed by atoms with Crippen LogP contribution in [0.5, 0.6) is 0 Å². The molecular weight excluding hydrogens is 316 g/mol. The van der Waals surface area contributed by atoms with Crippen molar-refractivity contribution in [2.75, 3.05) is 18.0 Å². The summed E-state index contributed by atoms with van der Waals surface area (Å²) in [6.45, 7) is 5.19. The Hall–Kier alpha value is -3.40. The summed E-state index contributed by atoms with van der Waals surface area (Å²) >= 11 is 0. The van der Waals surface area contributed by atoms with Crippen molar-refractivity contribution in [3.05, 3.63) is 58.9 Å². The molecule has 7 nitrogen and oxygen atoms in total. The highest BCUT2D eigenvalue weighted by Gasteiger charge is 2.28. The van der Waals surface area contributed by atoms with Crippen molar-refractivity contribution in [3.63, 3.8) is 0 Å². The summed E-state index contributed by atoms with van der Waals surface area (Å²) in [7, 11) is 0. The van der Waals surface area contributed by atoms with Gasteiger partial charge in [-0.1, -0.05) is 6.58 Å². The van der Waals surface area contributed by atoms with Crippen molar-refractivity contribution in [2.45, 2.75) is 12.5 Å². The van der Waals surface area contributed by atoms with Crippen LogP contribution in [0.15, 0.2) is 42.1 Å². The molecule has 1 N–H and O–H groups in total. The Morgan fingerprint density at radius 1 is 1.48 bits per heavy atom. The van der Waals surface area contributed by atoms with E-state index in [0.29, 0.717) is 23.4 Å². The summed E-state index contributed by atoms with van der Waals surface area (Å²) in [4.78, 5) is 21.4. The Morgan fingerprint density at radius 3 is 3.08 bits per heavy atom. The number of nitriles is 1. The summed E-state index contributed by atoms with van der Waals surface area (Å²) in [6.07, 6.45) is 7.86. The molecule has 1 fully saturated rings. The normalized spacial score (nSPS) is 16.9. The molecule has 0 bridgehead atoms. The second-order valence-corrected chi connectivity index (χ2v) is 6.02. The Bertz CT molecular complexity index is 1040. The van der Waals surface area contributed by atoms with Gasteiger partial charge >= 0.3 is 0 Å². The molecule has 1 atom stereocenters. The third kappa shape index (κ3) is 2.48. The van der Waals surface area contributed by atoms with Crippen LogP contribution >= 0.6 is 0 Å². The maximum atomic E-state index is 12.3. The third-order valence-corrected chi connectivity index (χ3v) is 4.59. The number of nitrogens with one attached hydrogen (secondary N) is 1. The number of pyridine rings is 2.